The van der Waals surface area contributed by atoms with Crippen molar-refractivity contribution in [1.82, 2.24) is 0 Å². The normalized spacial score (nSPS) is 15.9. The zero-order valence-electron chi connectivity index (χ0n) is 39.1. The third-order valence-corrected chi connectivity index (χ3v) is 30.4. The minimum atomic E-state index is -3.73. The van der Waals surface area contributed by atoms with Crippen molar-refractivity contribution in [3.63, 3.8) is 0 Å². The molecule has 0 N–H and O–H groups in total. The van der Waals surface area contributed by atoms with Gasteiger partial charge in [-0.1, -0.05) is 0 Å². The Labute approximate surface area is 381 Å². The lowest BCUT2D eigenvalue weighted by Gasteiger charge is -2.54. The van der Waals surface area contributed by atoms with Crippen LogP contribution in [0.2, 0.25) is 48.4 Å². The first-order chi connectivity index (χ1) is 30.2. The van der Waals surface area contributed by atoms with Crippen molar-refractivity contribution in [3.05, 3.63) is 0 Å². The first-order valence-corrected chi connectivity index (χ1v) is 31.0. The molecule has 0 atom stereocenters. The van der Waals surface area contributed by atoms with Crippen molar-refractivity contribution in [2.75, 3.05) is 52.9 Å². The Bertz CT molecular complexity index is 1180. The van der Waals surface area contributed by atoms with Crippen LogP contribution in [0.4, 0.5) is 0 Å². The van der Waals surface area contributed by atoms with E-state index in [9.17, 15) is 38.4 Å². The van der Waals surface area contributed by atoms with Crippen molar-refractivity contribution >= 4 is 82.0 Å². The van der Waals surface area contributed by atoms with Crippen LogP contribution in [0.15, 0.2) is 0 Å². The van der Waals surface area contributed by atoms with Crippen LogP contribution in [0, 0.1) is 0 Å². The molecule has 1 rings (SSSR count). The molecule has 0 spiro atoms. The third-order valence-electron chi connectivity index (χ3n) is 9.55. The van der Waals surface area contributed by atoms with E-state index in [0.717, 1.165) is 0 Å². The van der Waals surface area contributed by atoms with Crippen molar-refractivity contribution in [2.24, 2.45) is 0 Å². The number of carbonyl (C=O) groups is 8. The van der Waals surface area contributed by atoms with Crippen LogP contribution >= 0.6 is 0 Å². The Hall–Kier alpha value is -3.53. The van der Waals surface area contributed by atoms with Crippen LogP contribution in [0.1, 0.15) is 107 Å². The summed E-state index contributed by atoms with van der Waals surface area (Å²) < 4.78 is 73.9. The summed E-state index contributed by atoms with van der Waals surface area (Å²) in [4.78, 5) is 95.6. The van der Waals surface area contributed by atoms with E-state index in [2.05, 4.69) is 0 Å². The minimum Gasteiger partial charge on any atom is -0.466 e. The molecule has 0 aromatic rings. The van der Waals surface area contributed by atoms with Crippen LogP contribution in [0.3, 0.4) is 0 Å². The zero-order chi connectivity index (χ0) is 48.1. The Morgan fingerprint density at radius 1 is 0.250 bits per heavy atom. The summed E-state index contributed by atoms with van der Waals surface area (Å²) in [5, 5.41) is 0. The second-order valence-corrected chi connectivity index (χ2v) is 30.2. The highest BCUT2D eigenvalue weighted by Gasteiger charge is 2.61. The highest BCUT2D eigenvalue weighted by Crippen LogP contribution is 2.45. The summed E-state index contributed by atoms with van der Waals surface area (Å²) in [6.45, 7) is 10.7. The third kappa shape index (κ3) is 27.1. The van der Waals surface area contributed by atoms with Gasteiger partial charge in [0.1, 0.15) is 0 Å². The fraction of sp³-hybridized carbons (Fsp3) is 0.800. The van der Waals surface area contributed by atoms with Gasteiger partial charge in [0, 0.05) is 55.4 Å². The quantitative estimate of drug-likeness (QED) is 0.0351. The second kappa shape index (κ2) is 31.4. The number of hydrogen-bond acceptors (Lipinski definition) is 20. The summed E-state index contributed by atoms with van der Waals surface area (Å²) in [6, 6.07) is 2.16. The van der Waals surface area contributed by atoms with Gasteiger partial charge < -0.3 is 54.4 Å². The van der Waals surface area contributed by atoms with Gasteiger partial charge in [-0.25, -0.2) is 0 Å². The molecule has 1 fully saturated rings. The predicted molar refractivity (Wildman–Crippen MR) is 236 cm³/mol. The second-order valence-electron chi connectivity index (χ2n) is 15.6. The van der Waals surface area contributed by atoms with Gasteiger partial charge in [-0.3, -0.25) is 38.4 Å². The Balaban J connectivity index is 4.36. The van der Waals surface area contributed by atoms with Gasteiger partial charge in [-0.2, -0.15) is 0 Å². The molecule has 368 valence electrons. The van der Waals surface area contributed by atoms with E-state index < -0.39 is 82.0 Å². The highest BCUT2D eigenvalue weighted by molar-refractivity contribution is 6.95. The SMILES string of the molecule is CC(=O)OCCC[Si]1(CCCOC(C)=O)O[Si](CCCOC(C)=O)(CCCOC(C)=O)O[Si](CCCOC(C)=O)(CCCOC(C)=O)O[Si](CCCOC(C)=O)(CCCOC(C)=O)O1. The maximum absolute atomic E-state index is 12.0. The van der Waals surface area contributed by atoms with E-state index in [4.69, 9.17) is 54.4 Å². The predicted octanol–water partition coefficient (Wildman–Crippen LogP) is 5.46. The molecule has 20 nitrogen and oxygen atoms in total. The molecule has 0 unspecified atom stereocenters. The summed E-state index contributed by atoms with van der Waals surface area (Å²) in [5.74, 6) is -3.82. The lowest BCUT2D eigenvalue weighted by Crippen LogP contribution is -2.70. The fourth-order valence-electron chi connectivity index (χ4n) is 7.22. The number of hydrogen-bond donors (Lipinski definition) is 0. The molecule has 0 aromatic carbocycles. The molecule has 24 heteroatoms. The van der Waals surface area contributed by atoms with Crippen LogP contribution in [0.5, 0.6) is 0 Å². The molecule has 1 aliphatic heterocycles. The molecule has 0 bridgehead atoms. The lowest BCUT2D eigenvalue weighted by atomic mass is 10.5. The molecule has 0 aliphatic carbocycles. The first-order valence-electron chi connectivity index (χ1n) is 22.0. The topological polar surface area (TPSA) is 247 Å². The van der Waals surface area contributed by atoms with Gasteiger partial charge >= 0.3 is 82.0 Å². The largest absolute Gasteiger partial charge is 0.466 e. The Morgan fingerprint density at radius 2 is 0.359 bits per heavy atom. The van der Waals surface area contributed by atoms with E-state index in [1.807, 2.05) is 0 Å². The fourth-order valence-corrected chi connectivity index (χ4v) is 33.2. The van der Waals surface area contributed by atoms with Gasteiger partial charge in [0.05, 0.1) is 52.9 Å². The average Bonchev–Trinajstić information content (AvgIpc) is 3.18. The van der Waals surface area contributed by atoms with Crippen LogP contribution in [-0.4, -0.2) is 135 Å². The zero-order valence-corrected chi connectivity index (χ0v) is 43.1. The molecule has 1 aliphatic rings. The van der Waals surface area contributed by atoms with Gasteiger partial charge in [0.25, 0.3) is 0 Å². The minimum absolute atomic E-state index is 0.0361. The van der Waals surface area contributed by atoms with Crippen LogP contribution < -0.4 is 0 Å². The number of ether oxygens (including phenoxy) is 8. The van der Waals surface area contributed by atoms with Crippen molar-refractivity contribution in [1.29, 1.82) is 0 Å². The number of esters is 8. The van der Waals surface area contributed by atoms with Crippen molar-refractivity contribution in [3.8, 4) is 0 Å². The van der Waals surface area contributed by atoms with E-state index in [0.29, 0.717) is 51.4 Å². The maximum atomic E-state index is 12.0. The van der Waals surface area contributed by atoms with E-state index in [1.54, 1.807) is 0 Å². The summed E-state index contributed by atoms with van der Waals surface area (Å²) >= 11 is 0. The molecule has 1 heterocycles. The smallest absolute Gasteiger partial charge is 0.320 e. The van der Waals surface area contributed by atoms with Gasteiger partial charge in [0.15, 0.2) is 0 Å². The molecule has 64 heavy (non-hydrogen) atoms. The maximum Gasteiger partial charge on any atom is 0.320 e. The van der Waals surface area contributed by atoms with E-state index in [-0.39, 0.29) is 101 Å². The Morgan fingerprint density at radius 3 is 0.453 bits per heavy atom. The molecular formula is C40H72O20Si4. The van der Waals surface area contributed by atoms with Crippen molar-refractivity contribution < 1.29 is 92.7 Å². The summed E-state index contributed by atoms with van der Waals surface area (Å²) in [5.41, 5.74) is 0. The molecule has 1 saturated heterocycles. The van der Waals surface area contributed by atoms with Gasteiger partial charge in [-0.05, 0) is 99.7 Å². The monoisotopic (exact) mass is 984 g/mol. The molecule has 0 aromatic heterocycles. The van der Waals surface area contributed by atoms with E-state index >= 15 is 0 Å². The molecular weight excluding hydrogens is 913 g/mol. The number of carbonyl (C=O) groups excluding carboxylic acids is 8. The summed E-state index contributed by atoms with van der Waals surface area (Å²) in [6.07, 6.45) is 2.47. The first kappa shape index (κ1) is 58.5. The lowest BCUT2D eigenvalue weighted by molar-refractivity contribution is -0.141. The Kier molecular flexibility index (Phi) is 28.7. The summed E-state index contributed by atoms with van der Waals surface area (Å²) in [7, 11) is -14.9. The standard InChI is InChI=1S/C40H72O20Si4/c1-33(41)49-17-9-25-61(26-10-18-50-34(2)42)57-62(27-11-19-51-35(3)43,28-12-20-52-36(4)44)59-64(31-15-23-55-39(7)47,32-16-24-56-40(8)48)60-63(58-61,29-13-21-53-37(5)45)30-14-22-54-38(6)46/h9-32H2,1-8H3. The number of rotatable bonds is 32. The highest BCUT2D eigenvalue weighted by atomic mass is 28.5. The van der Waals surface area contributed by atoms with Crippen LogP contribution in [0.25, 0.3) is 0 Å². The molecule has 0 radical (unpaired) electrons. The van der Waals surface area contributed by atoms with E-state index in [1.165, 1.54) is 55.4 Å². The average molecular weight is 985 g/mol. The molecule has 0 saturated carbocycles. The van der Waals surface area contributed by atoms with Gasteiger partial charge in [0.2, 0.25) is 0 Å². The van der Waals surface area contributed by atoms with Crippen molar-refractivity contribution in [2.45, 2.75) is 155 Å². The van der Waals surface area contributed by atoms with Crippen LogP contribution in [-0.2, 0) is 92.7 Å². The van der Waals surface area contributed by atoms with Gasteiger partial charge in [-0.15, -0.1) is 0 Å². The molecule has 0 amide bonds.